The minimum atomic E-state index is -4.04. The summed E-state index contributed by atoms with van der Waals surface area (Å²) in [5.41, 5.74) is 8.25. The summed E-state index contributed by atoms with van der Waals surface area (Å²) < 4.78 is 30.1. The van der Waals surface area contributed by atoms with Crippen LogP contribution >= 0.6 is 0 Å². The van der Waals surface area contributed by atoms with E-state index in [1.165, 1.54) is 12.1 Å². The third kappa shape index (κ3) is 3.13. The van der Waals surface area contributed by atoms with Crippen molar-refractivity contribution in [2.24, 2.45) is 0 Å². The Labute approximate surface area is 139 Å². The van der Waals surface area contributed by atoms with Crippen LogP contribution in [-0.2, 0) is 16.5 Å². The van der Waals surface area contributed by atoms with E-state index in [-0.39, 0.29) is 22.2 Å². The Bertz CT molecular complexity index is 1000. The number of aromatic nitrogens is 3. The van der Waals surface area contributed by atoms with Crippen molar-refractivity contribution in [3.63, 3.8) is 0 Å². The van der Waals surface area contributed by atoms with E-state index in [9.17, 15) is 8.42 Å². The Hall–Kier alpha value is -2.74. The molecule has 3 aromatic rings. The lowest BCUT2D eigenvalue weighted by Crippen LogP contribution is -2.12. The molecule has 2 aromatic heterocycles. The predicted molar refractivity (Wildman–Crippen MR) is 90.1 cm³/mol. The molecule has 0 fully saturated rings. The molecule has 0 saturated carbocycles. The quantitative estimate of drug-likeness (QED) is 0.723. The first-order valence-corrected chi connectivity index (χ1v) is 8.73. The van der Waals surface area contributed by atoms with Crippen LogP contribution in [0.1, 0.15) is 18.1 Å². The van der Waals surface area contributed by atoms with Crippen LogP contribution in [0.3, 0.4) is 0 Å². The Balaban J connectivity index is 2.07. The number of hydrogen-bond acceptors (Lipinski definition) is 7. The van der Waals surface area contributed by atoms with Gasteiger partial charge in [0.15, 0.2) is 5.52 Å². The number of rotatable bonds is 4. The number of nitrogens with two attached hydrogens (primary N) is 1. The molecular formula is C16H16N4O3S. The van der Waals surface area contributed by atoms with E-state index < -0.39 is 10.1 Å². The molecule has 2 N–H and O–H groups in total. The Kier molecular flexibility index (Phi) is 4.06. The number of anilines is 1. The number of benzene rings is 1. The third-order valence-electron chi connectivity index (χ3n) is 3.48. The summed E-state index contributed by atoms with van der Waals surface area (Å²) in [4.78, 5) is 12.2. The summed E-state index contributed by atoms with van der Waals surface area (Å²) in [6, 6.07) is 8.11. The highest BCUT2D eigenvalue weighted by molar-refractivity contribution is 7.87. The molecule has 0 atom stereocenters. The molecule has 0 aliphatic rings. The van der Waals surface area contributed by atoms with Gasteiger partial charge in [0.25, 0.3) is 5.88 Å². The second-order valence-electron chi connectivity index (χ2n) is 5.30. The largest absolute Gasteiger partial charge is 0.368 e. The van der Waals surface area contributed by atoms with Gasteiger partial charge in [-0.05, 0) is 37.1 Å². The monoisotopic (exact) mass is 344 g/mol. The number of aryl methyl sites for hydroxylation is 2. The molecule has 0 aliphatic carbocycles. The van der Waals surface area contributed by atoms with Gasteiger partial charge in [-0.2, -0.15) is 13.4 Å². The third-order valence-corrected chi connectivity index (χ3v) is 4.71. The number of nitrogens with zero attached hydrogens (tertiary/aromatic N) is 3. The lowest BCUT2D eigenvalue weighted by Gasteiger charge is -2.09. The molecule has 0 radical (unpaired) electrons. The van der Waals surface area contributed by atoms with Gasteiger partial charge in [-0.1, -0.05) is 24.6 Å². The molecule has 0 unspecified atom stereocenters. The van der Waals surface area contributed by atoms with Crippen LogP contribution in [0.5, 0.6) is 5.88 Å². The second kappa shape index (κ2) is 6.04. The van der Waals surface area contributed by atoms with Crippen molar-refractivity contribution in [3.05, 3.63) is 47.7 Å². The van der Waals surface area contributed by atoms with Gasteiger partial charge in [0.2, 0.25) is 5.95 Å². The van der Waals surface area contributed by atoms with Crippen LogP contribution in [0.2, 0.25) is 0 Å². The SMILES string of the molecule is CCc1cnc2c(OS(=O)(=O)c3ccc(C)cc3)nc(N)nc2c1. The summed E-state index contributed by atoms with van der Waals surface area (Å²) in [6.07, 6.45) is 2.40. The minimum Gasteiger partial charge on any atom is -0.368 e. The summed E-state index contributed by atoms with van der Waals surface area (Å²) in [5, 5.41) is 0. The van der Waals surface area contributed by atoms with Gasteiger partial charge in [0.05, 0.1) is 5.52 Å². The van der Waals surface area contributed by atoms with Gasteiger partial charge in [-0.15, -0.1) is 0 Å². The van der Waals surface area contributed by atoms with Crippen LogP contribution in [0.25, 0.3) is 11.0 Å². The molecule has 0 aliphatic heterocycles. The zero-order valence-corrected chi connectivity index (χ0v) is 14.0. The Morgan fingerprint density at radius 1 is 1.17 bits per heavy atom. The van der Waals surface area contributed by atoms with Crippen LogP contribution in [0, 0.1) is 6.92 Å². The van der Waals surface area contributed by atoms with E-state index in [0.717, 1.165) is 17.5 Å². The molecular weight excluding hydrogens is 328 g/mol. The maximum atomic E-state index is 12.4. The van der Waals surface area contributed by atoms with Gasteiger partial charge in [0, 0.05) is 6.20 Å². The molecule has 8 heteroatoms. The van der Waals surface area contributed by atoms with Crippen LogP contribution in [0.4, 0.5) is 5.95 Å². The van der Waals surface area contributed by atoms with Crippen molar-refractivity contribution in [3.8, 4) is 5.88 Å². The molecule has 3 rings (SSSR count). The summed E-state index contributed by atoms with van der Waals surface area (Å²) >= 11 is 0. The molecule has 124 valence electrons. The van der Waals surface area contributed by atoms with Gasteiger partial charge in [-0.3, -0.25) is 0 Å². The molecule has 0 saturated heterocycles. The molecule has 0 amide bonds. The molecule has 0 spiro atoms. The van der Waals surface area contributed by atoms with Gasteiger partial charge in [0.1, 0.15) is 4.90 Å². The zero-order chi connectivity index (χ0) is 17.3. The van der Waals surface area contributed by atoms with Crippen molar-refractivity contribution in [1.82, 2.24) is 15.0 Å². The molecule has 0 bridgehead atoms. The highest BCUT2D eigenvalue weighted by Crippen LogP contribution is 2.25. The fourth-order valence-corrected chi connectivity index (χ4v) is 3.05. The molecule has 2 heterocycles. The number of pyridine rings is 1. The summed E-state index contributed by atoms with van der Waals surface area (Å²) in [7, 11) is -4.04. The van der Waals surface area contributed by atoms with Crippen LogP contribution in [0.15, 0.2) is 41.4 Å². The van der Waals surface area contributed by atoms with E-state index in [4.69, 9.17) is 9.92 Å². The van der Waals surface area contributed by atoms with Crippen molar-refractivity contribution >= 4 is 27.1 Å². The lowest BCUT2D eigenvalue weighted by atomic mass is 10.2. The number of hydrogen-bond donors (Lipinski definition) is 1. The van der Waals surface area contributed by atoms with E-state index in [0.29, 0.717) is 5.52 Å². The van der Waals surface area contributed by atoms with Crippen molar-refractivity contribution in [2.75, 3.05) is 5.73 Å². The normalized spacial score (nSPS) is 11.6. The van der Waals surface area contributed by atoms with Crippen molar-refractivity contribution in [2.45, 2.75) is 25.2 Å². The smallest absolute Gasteiger partial charge is 0.340 e. The fourth-order valence-electron chi connectivity index (χ4n) is 2.16. The first kappa shape index (κ1) is 16.1. The summed E-state index contributed by atoms with van der Waals surface area (Å²) in [5.74, 6) is -0.257. The van der Waals surface area contributed by atoms with E-state index in [1.54, 1.807) is 24.4 Å². The van der Waals surface area contributed by atoms with Crippen LogP contribution < -0.4 is 9.92 Å². The number of fused-ring (bicyclic) bond motifs is 1. The van der Waals surface area contributed by atoms with E-state index >= 15 is 0 Å². The average molecular weight is 344 g/mol. The minimum absolute atomic E-state index is 0.0311. The zero-order valence-electron chi connectivity index (χ0n) is 13.2. The summed E-state index contributed by atoms with van der Waals surface area (Å²) in [6.45, 7) is 3.85. The topological polar surface area (TPSA) is 108 Å². The maximum Gasteiger partial charge on any atom is 0.340 e. The van der Waals surface area contributed by atoms with E-state index in [1.807, 2.05) is 13.8 Å². The van der Waals surface area contributed by atoms with Crippen molar-refractivity contribution in [1.29, 1.82) is 0 Å². The number of nitrogen functional groups attached to an aromatic ring is 1. The Morgan fingerprint density at radius 3 is 2.54 bits per heavy atom. The molecule has 1 aromatic carbocycles. The highest BCUT2D eigenvalue weighted by Gasteiger charge is 2.20. The highest BCUT2D eigenvalue weighted by atomic mass is 32.2. The van der Waals surface area contributed by atoms with Crippen LogP contribution in [-0.4, -0.2) is 23.4 Å². The molecule has 24 heavy (non-hydrogen) atoms. The fraction of sp³-hybridized carbons (Fsp3) is 0.188. The molecule has 7 nitrogen and oxygen atoms in total. The van der Waals surface area contributed by atoms with Gasteiger partial charge >= 0.3 is 10.1 Å². The van der Waals surface area contributed by atoms with Crippen molar-refractivity contribution < 1.29 is 12.6 Å². The first-order chi connectivity index (χ1) is 11.4. The maximum absolute atomic E-state index is 12.4. The first-order valence-electron chi connectivity index (χ1n) is 7.32. The Morgan fingerprint density at radius 2 is 1.88 bits per heavy atom. The second-order valence-corrected chi connectivity index (χ2v) is 6.85. The van der Waals surface area contributed by atoms with Gasteiger partial charge in [-0.25, -0.2) is 9.97 Å². The average Bonchev–Trinajstić information content (AvgIpc) is 2.54. The van der Waals surface area contributed by atoms with E-state index in [2.05, 4.69) is 15.0 Å². The lowest BCUT2D eigenvalue weighted by molar-refractivity contribution is 0.478. The standard InChI is InChI=1S/C16H16N4O3S/c1-3-11-8-13-14(18-9-11)15(20-16(17)19-13)23-24(21,22)12-6-4-10(2)5-7-12/h4-9H,3H2,1-2H3,(H2,17,19,20). The van der Waals surface area contributed by atoms with Gasteiger partial charge < -0.3 is 9.92 Å². The predicted octanol–water partition coefficient (Wildman–Crippen LogP) is 2.25.